The lowest BCUT2D eigenvalue weighted by Gasteiger charge is -2.28. The highest BCUT2D eigenvalue weighted by Crippen LogP contribution is 2.18. The largest absolute Gasteiger partial charge is 0.443 e. The Morgan fingerprint density at radius 3 is 1.79 bits per heavy atom. The predicted molar refractivity (Wildman–Crippen MR) is 92.0 cm³/mol. The molecule has 1 fully saturated rings. The van der Waals surface area contributed by atoms with E-state index in [0.717, 1.165) is 43.6 Å². The van der Waals surface area contributed by atoms with E-state index in [0.29, 0.717) is 12.6 Å². The van der Waals surface area contributed by atoms with E-state index in [1.807, 2.05) is 0 Å². The second-order valence-corrected chi connectivity index (χ2v) is 8.27. The first-order chi connectivity index (χ1) is 11.0. The van der Waals surface area contributed by atoms with Crippen LogP contribution in [0.3, 0.4) is 0 Å². The summed E-state index contributed by atoms with van der Waals surface area (Å²) >= 11 is 0. The normalized spacial score (nSPS) is 17.3. The molecule has 0 aliphatic carbocycles. The maximum Gasteiger partial charge on any atom is 0.419 e. The number of unbranched alkanes of at least 4 members (excludes halogenated alkanes) is 3. The Balaban J connectivity index is 2.46. The van der Waals surface area contributed by atoms with Crippen molar-refractivity contribution in [3.63, 3.8) is 0 Å². The number of hydrogen-bond donors (Lipinski definition) is 0. The van der Waals surface area contributed by atoms with Crippen LogP contribution in [-0.4, -0.2) is 47.5 Å². The molecule has 6 nitrogen and oxygen atoms in total. The van der Waals surface area contributed by atoms with Crippen molar-refractivity contribution in [3.05, 3.63) is 0 Å². The number of ether oxygens (including phenoxy) is 3. The van der Waals surface area contributed by atoms with Crippen molar-refractivity contribution in [1.29, 1.82) is 0 Å². The van der Waals surface area contributed by atoms with Crippen LogP contribution in [0, 0.1) is 0 Å². The molecule has 140 valence electrons. The number of imide groups is 1. The molecule has 1 rings (SSSR count). The van der Waals surface area contributed by atoms with Crippen LogP contribution in [0.4, 0.5) is 9.59 Å². The molecule has 0 aromatic carbocycles. The molecule has 0 bridgehead atoms. The zero-order valence-electron chi connectivity index (χ0n) is 16.0. The first kappa shape index (κ1) is 20.7. The number of nitrogens with zero attached hydrogens (tertiary/aromatic N) is 1. The van der Waals surface area contributed by atoms with Gasteiger partial charge in [0.25, 0.3) is 0 Å². The van der Waals surface area contributed by atoms with E-state index in [1.54, 1.807) is 41.5 Å². The van der Waals surface area contributed by atoms with Crippen LogP contribution in [0.2, 0.25) is 0 Å². The highest BCUT2D eigenvalue weighted by molar-refractivity contribution is 5.88. The van der Waals surface area contributed by atoms with Gasteiger partial charge in [0.1, 0.15) is 11.2 Å². The van der Waals surface area contributed by atoms with Crippen molar-refractivity contribution in [2.24, 2.45) is 0 Å². The summed E-state index contributed by atoms with van der Waals surface area (Å²) in [6.07, 6.45) is 4.14. The summed E-state index contributed by atoms with van der Waals surface area (Å²) in [5.74, 6) is 0. The van der Waals surface area contributed by atoms with Crippen molar-refractivity contribution >= 4 is 12.2 Å². The molecule has 2 amide bonds. The van der Waals surface area contributed by atoms with Gasteiger partial charge in [0, 0.05) is 6.54 Å². The first-order valence-corrected chi connectivity index (χ1v) is 8.83. The van der Waals surface area contributed by atoms with Crippen LogP contribution >= 0.6 is 0 Å². The van der Waals surface area contributed by atoms with Gasteiger partial charge >= 0.3 is 12.2 Å². The van der Waals surface area contributed by atoms with E-state index in [9.17, 15) is 9.59 Å². The molecule has 0 aromatic heterocycles. The molecule has 1 atom stereocenters. The zero-order valence-corrected chi connectivity index (χ0v) is 16.0. The predicted octanol–water partition coefficient (Wildman–Crippen LogP) is 4.51. The third-order valence-corrected chi connectivity index (χ3v) is 3.29. The highest BCUT2D eigenvalue weighted by atomic mass is 16.6. The minimum Gasteiger partial charge on any atom is -0.443 e. The molecule has 1 unspecified atom stereocenters. The van der Waals surface area contributed by atoms with Crippen molar-refractivity contribution < 1.29 is 23.8 Å². The van der Waals surface area contributed by atoms with Gasteiger partial charge in [0.15, 0.2) is 0 Å². The van der Waals surface area contributed by atoms with Crippen molar-refractivity contribution in [2.75, 3.05) is 13.2 Å². The molecule has 6 heteroatoms. The SMILES string of the molecule is CC(C)(C)OC(=O)N(CCCCCCC1CO1)C(=O)OC(C)(C)C. The van der Waals surface area contributed by atoms with Gasteiger partial charge in [-0.05, 0) is 54.4 Å². The molecule has 24 heavy (non-hydrogen) atoms. The molecule has 1 saturated heterocycles. The van der Waals surface area contributed by atoms with Gasteiger partial charge in [-0.25, -0.2) is 14.5 Å². The second kappa shape index (κ2) is 8.70. The number of rotatable bonds is 7. The van der Waals surface area contributed by atoms with Crippen LogP contribution < -0.4 is 0 Å². The quantitative estimate of drug-likeness (QED) is 0.502. The molecule has 1 aliphatic heterocycles. The summed E-state index contributed by atoms with van der Waals surface area (Å²) in [5, 5.41) is 0. The number of epoxide rings is 1. The fourth-order valence-electron chi connectivity index (χ4n) is 2.12. The second-order valence-electron chi connectivity index (χ2n) is 8.27. The Kier molecular flexibility index (Phi) is 7.52. The van der Waals surface area contributed by atoms with Crippen molar-refractivity contribution in [1.82, 2.24) is 4.90 Å². The van der Waals surface area contributed by atoms with Gasteiger partial charge in [0.2, 0.25) is 0 Å². The minimum absolute atomic E-state index is 0.309. The van der Waals surface area contributed by atoms with Crippen LogP contribution in [0.15, 0.2) is 0 Å². The molecule has 1 aliphatic rings. The summed E-state index contributed by atoms with van der Waals surface area (Å²) in [6, 6.07) is 0. The van der Waals surface area contributed by atoms with E-state index in [4.69, 9.17) is 14.2 Å². The monoisotopic (exact) mass is 343 g/mol. The zero-order chi connectivity index (χ0) is 18.4. The number of hydrogen-bond acceptors (Lipinski definition) is 5. The average molecular weight is 343 g/mol. The Morgan fingerprint density at radius 2 is 1.38 bits per heavy atom. The highest BCUT2D eigenvalue weighted by Gasteiger charge is 2.30. The smallest absolute Gasteiger partial charge is 0.419 e. The number of carbonyl (C=O) groups excluding carboxylic acids is 2. The van der Waals surface area contributed by atoms with E-state index in [2.05, 4.69) is 0 Å². The lowest BCUT2D eigenvalue weighted by atomic mass is 10.1. The van der Waals surface area contributed by atoms with Crippen LogP contribution in [0.5, 0.6) is 0 Å². The lowest BCUT2D eigenvalue weighted by Crippen LogP contribution is -2.44. The van der Waals surface area contributed by atoms with E-state index in [1.165, 1.54) is 0 Å². The molecule has 0 radical (unpaired) electrons. The number of amides is 2. The summed E-state index contributed by atoms with van der Waals surface area (Å²) in [6.45, 7) is 11.9. The molecule has 1 heterocycles. The fourth-order valence-corrected chi connectivity index (χ4v) is 2.12. The molecular weight excluding hydrogens is 310 g/mol. The van der Waals surface area contributed by atoms with Gasteiger partial charge in [-0.3, -0.25) is 0 Å². The van der Waals surface area contributed by atoms with E-state index in [-0.39, 0.29) is 0 Å². The summed E-state index contributed by atoms with van der Waals surface area (Å²) in [5.41, 5.74) is -1.30. The lowest BCUT2D eigenvalue weighted by molar-refractivity contribution is 0.00119. The van der Waals surface area contributed by atoms with Gasteiger partial charge in [-0.15, -0.1) is 0 Å². The summed E-state index contributed by atoms with van der Waals surface area (Å²) in [4.78, 5) is 25.6. The maximum absolute atomic E-state index is 12.3. The standard InChI is InChI=1S/C18H33NO5/c1-17(2,3)23-15(20)19(16(21)24-18(4,5)6)12-10-8-7-9-11-14-13-22-14/h14H,7-13H2,1-6H3. The Labute approximate surface area is 145 Å². The van der Waals surface area contributed by atoms with Gasteiger partial charge in [-0.2, -0.15) is 0 Å². The molecule has 0 saturated carbocycles. The third-order valence-electron chi connectivity index (χ3n) is 3.29. The fraction of sp³-hybridized carbons (Fsp3) is 0.889. The van der Waals surface area contributed by atoms with E-state index >= 15 is 0 Å². The van der Waals surface area contributed by atoms with Gasteiger partial charge in [-0.1, -0.05) is 19.3 Å². The molecule has 0 aromatic rings. The Morgan fingerprint density at radius 1 is 0.917 bits per heavy atom. The average Bonchev–Trinajstić information content (AvgIpc) is 3.17. The number of carbonyl (C=O) groups is 2. The van der Waals surface area contributed by atoms with Crippen molar-refractivity contribution in [2.45, 2.75) is 91.0 Å². The van der Waals surface area contributed by atoms with Crippen LogP contribution in [0.1, 0.15) is 73.6 Å². The molecule has 0 spiro atoms. The van der Waals surface area contributed by atoms with Crippen molar-refractivity contribution in [3.8, 4) is 0 Å². The van der Waals surface area contributed by atoms with Gasteiger partial charge in [0.05, 0.1) is 12.7 Å². The molecule has 0 N–H and O–H groups in total. The van der Waals surface area contributed by atoms with Crippen LogP contribution in [-0.2, 0) is 14.2 Å². The topological polar surface area (TPSA) is 68.4 Å². The Bertz CT molecular complexity index is 390. The first-order valence-electron chi connectivity index (χ1n) is 8.83. The third kappa shape index (κ3) is 9.75. The Hall–Kier alpha value is -1.30. The van der Waals surface area contributed by atoms with E-state index < -0.39 is 23.4 Å². The summed E-state index contributed by atoms with van der Waals surface area (Å²) < 4.78 is 15.8. The minimum atomic E-state index is -0.651. The maximum atomic E-state index is 12.3. The van der Waals surface area contributed by atoms with Gasteiger partial charge < -0.3 is 14.2 Å². The molecular formula is C18H33NO5. The summed E-state index contributed by atoms with van der Waals surface area (Å²) in [7, 11) is 0. The van der Waals surface area contributed by atoms with Crippen LogP contribution in [0.25, 0.3) is 0 Å².